The summed E-state index contributed by atoms with van der Waals surface area (Å²) in [7, 11) is 1.22. The maximum Gasteiger partial charge on any atom is 0.408 e. The number of ether oxygens (including phenoxy) is 5. The first kappa shape index (κ1) is 30.2. The number of aliphatic hydroxyl groups excluding tert-OH is 1. The Morgan fingerprint density at radius 1 is 0.892 bits per heavy atom. The van der Waals surface area contributed by atoms with Crippen molar-refractivity contribution in [2.75, 3.05) is 20.3 Å². The first-order chi connectivity index (χ1) is 17.6. The van der Waals surface area contributed by atoms with Gasteiger partial charge in [0.1, 0.15) is 17.8 Å². The molecule has 4 unspecified atom stereocenters. The number of amides is 1. The summed E-state index contributed by atoms with van der Waals surface area (Å²) >= 11 is 0. The maximum atomic E-state index is 12.3. The lowest BCUT2D eigenvalue weighted by Crippen LogP contribution is -2.49. The van der Waals surface area contributed by atoms with Gasteiger partial charge in [0.15, 0.2) is 6.04 Å². The zero-order chi connectivity index (χ0) is 27.3. The Kier molecular flexibility index (Phi) is 12.5. The molecule has 0 aliphatic carbocycles. The molecule has 204 valence electrons. The van der Waals surface area contributed by atoms with Crippen molar-refractivity contribution in [2.24, 2.45) is 0 Å². The van der Waals surface area contributed by atoms with E-state index in [1.165, 1.54) is 7.11 Å². The molecule has 0 heterocycles. The van der Waals surface area contributed by atoms with E-state index in [1.807, 2.05) is 60.7 Å². The molecule has 9 heteroatoms. The van der Waals surface area contributed by atoms with Crippen molar-refractivity contribution in [1.29, 1.82) is 0 Å². The van der Waals surface area contributed by atoms with Crippen LogP contribution in [0.15, 0.2) is 60.7 Å². The summed E-state index contributed by atoms with van der Waals surface area (Å²) in [6.07, 6.45) is -2.79. The largest absolute Gasteiger partial charge is 0.467 e. The fourth-order valence-electron chi connectivity index (χ4n) is 3.44. The van der Waals surface area contributed by atoms with Gasteiger partial charge in [-0.15, -0.1) is 0 Å². The van der Waals surface area contributed by atoms with Gasteiger partial charge in [-0.3, -0.25) is 0 Å². The van der Waals surface area contributed by atoms with Crippen LogP contribution in [0.1, 0.15) is 38.8 Å². The highest BCUT2D eigenvalue weighted by Crippen LogP contribution is 2.17. The first-order valence-electron chi connectivity index (χ1n) is 12.2. The molecule has 4 atom stereocenters. The number of hydrogen-bond acceptors (Lipinski definition) is 8. The van der Waals surface area contributed by atoms with Crippen LogP contribution < -0.4 is 5.32 Å². The Morgan fingerprint density at radius 2 is 1.43 bits per heavy atom. The number of nitrogens with one attached hydrogen (secondary N) is 1. The van der Waals surface area contributed by atoms with E-state index in [-0.39, 0.29) is 26.4 Å². The van der Waals surface area contributed by atoms with Crippen LogP contribution >= 0.6 is 0 Å². The zero-order valence-electron chi connectivity index (χ0n) is 22.2. The van der Waals surface area contributed by atoms with Crippen molar-refractivity contribution in [3.63, 3.8) is 0 Å². The minimum Gasteiger partial charge on any atom is -0.467 e. The maximum absolute atomic E-state index is 12.3. The Labute approximate surface area is 219 Å². The average Bonchev–Trinajstić information content (AvgIpc) is 2.87. The molecule has 0 aromatic heterocycles. The second-order valence-electron chi connectivity index (χ2n) is 9.54. The van der Waals surface area contributed by atoms with Crippen LogP contribution in [0.5, 0.6) is 0 Å². The van der Waals surface area contributed by atoms with Crippen LogP contribution in [0.4, 0.5) is 4.79 Å². The lowest BCUT2D eigenvalue weighted by molar-refractivity contribution is -0.161. The van der Waals surface area contributed by atoms with Crippen molar-refractivity contribution in [3.8, 4) is 0 Å². The predicted octanol–water partition coefficient (Wildman–Crippen LogP) is 3.62. The molecular weight excluding hydrogens is 478 g/mol. The fraction of sp³-hybridized carbons (Fsp3) is 0.500. The number of esters is 1. The van der Waals surface area contributed by atoms with Crippen molar-refractivity contribution in [3.05, 3.63) is 71.8 Å². The topological polar surface area (TPSA) is 113 Å². The summed E-state index contributed by atoms with van der Waals surface area (Å²) in [4.78, 5) is 24.5. The highest BCUT2D eigenvalue weighted by atomic mass is 16.6. The summed E-state index contributed by atoms with van der Waals surface area (Å²) in [5.41, 5.74) is 1.15. The van der Waals surface area contributed by atoms with E-state index in [1.54, 1.807) is 27.7 Å². The number of carbonyl (C=O) groups excluding carboxylic acids is 2. The number of methoxy groups -OCH3 is 1. The van der Waals surface area contributed by atoms with Crippen LogP contribution in [-0.4, -0.2) is 67.4 Å². The molecule has 9 nitrogen and oxygen atoms in total. The van der Waals surface area contributed by atoms with Crippen molar-refractivity contribution < 1.29 is 38.4 Å². The number of benzene rings is 2. The van der Waals surface area contributed by atoms with Crippen LogP contribution in [0.3, 0.4) is 0 Å². The Hall–Kier alpha value is -2.98. The molecule has 2 N–H and O–H groups in total. The van der Waals surface area contributed by atoms with E-state index in [9.17, 15) is 14.7 Å². The van der Waals surface area contributed by atoms with Gasteiger partial charge in [0, 0.05) is 0 Å². The van der Waals surface area contributed by atoms with E-state index in [2.05, 4.69) is 5.32 Å². The van der Waals surface area contributed by atoms with Gasteiger partial charge in [-0.2, -0.15) is 0 Å². The SMILES string of the molecule is COC(=O)C(COC(C)C(OCc1ccccc1)C(CO)OCc1ccccc1)NC(=O)OC(C)(C)C. The van der Waals surface area contributed by atoms with Crippen LogP contribution in [0, 0.1) is 0 Å². The molecule has 2 aromatic carbocycles. The third-order valence-corrected chi connectivity index (χ3v) is 5.30. The van der Waals surface area contributed by atoms with Gasteiger partial charge >= 0.3 is 12.1 Å². The molecule has 0 saturated heterocycles. The van der Waals surface area contributed by atoms with Gasteiger partial charge in [-0.25, -0.2) is 9.59 Å². The van der Waals surface area contributed by atoms with Crippen molar-refractivity contribution in [1.82, 2.24) is 5.32 Å². The number of alkyl carbamates (subject to hydrolysis) is 1. The minimum absolute atomic E-state index is 0.199. The molecule has 0 spiro atoms. The number of rotatable bonds is 14. The van der Waals surface area contributed by atoms with Gasteiger partial charge in [0.2, 0.25) is 0 Å². The standard InChI is InChI=1S/C28H39NO8/c1-20(34-19-23(26(31)33-5)29-27(32)37-28(2,3)4)25(36-18-22-14-10-7-11-15-22)24(16-30)35-17-21-12-8-6-9-13-21/h6-15,20,23-25,30H,16-19H2,1-5H3,(H,29,32). The predicted molar refractivity (Wildman–Crippen MR) is 138 cm³/mol. The zero-order valence-corrected chi connectivity index (χ0v) is 22.2. The summed E-state index contributed by atoms with van der Waals surface area (Å²) in [5.74, 6) is -0.682. The molecular formula is C28H39NO8. The van der Waals surface area contributed by atoms with Crippen LogP contribution in [-0.2, 0) is 41.7 Å². The van der Waals surface area contributed by atoms with Gasteiger partial charge in [0.05, 0.1) is 39.6 Å². The van der Waals surface area contributed by atoms with E-state index in [4.69, 9.17) is 23.7 Å². The van der Waals surface area contributed by atoms with Crippen molar-refractivity contribution in [2.45, 2.75) is 70.9 Å². The summed E-state index contributed by atoms with van der Waals surface area (Å²) in [6, 6.07) is 18.1. The fourth-order valence-corrected chi connectivity index (χ4v) is 3.44. The van der Waals surface area contributed by atoms with E-state index < -0.39 is 42.0 Å². The molecule has 1 amide bonds. The van der Waals surface area contributed by atoms with Gasteiger partial charge in [-0.05, 0) is 38.8 Å². The quantitative estimate of drug-likeness (QED) is 0.366. The van der Waals surface area contributed by atoms with Crippen molar-refractivity contribution >= 4 is 12.1 Å². The van der Waals surface area contributed by atoms with Crippen LogP contribution in [0.2, 0.25) is 0 Å². The molecule has 0 fully saturated rings. The monoisotopic (exact) mass is 517 g/mol. The molecule has 0 aliphatic rings. The van der Waals surface area contributed by atoms with E-state index in [0.717, 1.165) is 11.1 Å². The lowest BCUT2D eigenvalue weighted by atomic mass is 10.1. The summed E-state index contributed by atoms with van der Waals surface area (Å²) in [6.45, 7) is 6.94. The van der Waals surface area contributed by atoms with Crippen LogP contribution in [0.25, 0.3) is 0 Å². The Balaban J connectivity index is 2.10. The first-order valence-corrected chi connectivity index (χ1v) is 12.2. The summed E-state index contributed by atoms with van der Waals surface area (Å²) in [5, 5.41) is 12.6. The lowest BCUT2D eigenvalue weighted by Gasteiger charge is -2.32. The Bertz CT molecular complexity index is 932. The molecule has 2 rings (SSSR count). The molecule has 0 radical (unpaired) electrons. The molecule has 37 heavy (non-hydrogen) atoms. The molecule has 0 aliphatic heterocycles. The average molecular weight is 518 g/mol. The van der Waals surface area contributed by atoms with E-state index >= 15 is 0 Å². The number of hydrogen-bond donors (Lipinski definition) is 2. The number of aliphatic hydroxyl groups is 1. The Morgan fingerprint density at radius 3 is 1.92 bits per heavy atom. The highest BCUT2D eigenvalue weighted by molar-refractivity contribution is 5.81. The second-order valence-corrected chi connectivity index (χ2v) is 9.54. The smallest absolute Gasteiger partial charge is 0.408 e. The van der Waals surface area contributed by atoms with Gasteiger partial charge < -0.3 is 34.1 Å². The number of carbonyl (C=O) groups is 2. The third kappa shape index (κ3) is 11.3. The second kappa shape index (κ2) is 15.3. The minimum atomic E-state index is -1.10. The summed E-state index contributed by atoms with van der Waals surface area (Å²) < 4.78 is 28.2. The van der Waals surface area contributed by atoms with Gasteiger partial charge in [-0.1, -0.05) is 60.7 Å². The van der Waals surface area contributed by atoms with E-state index in [0.29, 0.717) is 0 Å². The van der Waals surface area contributed by atoms with Gasteiger partial charge in [0.25, 0.3) is 0 Å². The molecule has 0 saturated carbocycles. The molecule has 0 bridgehead atoms. The third-order valence-electron chi connectivity index (χ3n) is 5.30. The molecule has 2 aromatic rings. The normalized spacial score (nSPS) is 14.8. The highest BCUT2D eigenvalue weighted by Gasteiger charge is 2.32.